The minimum Gasteiger partial charge on any atom is -0.462 e. The Morgan fingerprint density at radius 1 is 1.60 bits per heavy atom. The van der Waals surface area contributed by atoms with Gasteiger partial charge in [-0.2, -0.15) is 0 Å². The maximum Gasteiger partial charge on any atom is 0.302 e. The van der Waals surface area contributed by atoms with Crippen molar-refractivity contribution in [2.45, 2.75) is 32.9 Å². The van der Waals surface area contributed by atoms with E-state index in [9.17, 15) is 4.79 Å². The van der Waals surface area contributed by atoms with Crippen LogP contribution in [0.4, 0.5) is 0 Å². The Bertz CT molecular complexity index is 240. The number of ether oxygens (including phenoxy) is 2. The lowest BCUT2D eigenvalue weighted by Gasteiger charge is -2.37. The molecule has 2 unspecified atom stereocenters. The van der Waals surface area contributed by atoms with Crippen molar-refractivity contribution >= 4 is 5.97 Å². The fourth-order valence-corrected chi connectivity index (χ4v) is 1.51. The summed E-state index contributed by atoms with van der Waals surface area (Å²) >= 11 is 0. The van der Waals surface area contributed by atoms with Crippen molar-refractivity contribution in [1.82, 2.24) is 4.90 Å². The fraction of sp³-hybridized carbons (Fsp3) is 0.727. The van der Waals surface area contributed by atoms with Gasteiger partial charge in [-0.3, -0.25) is 4.79 Å². The van der Waals surface area contributed by atoms with E-state index in [0.29, 0.717) is 12.6 Å². The van der Waals surface area contributed by atoms with Gasteiger partial charge in [-0.15, -0.1) is 0 Å². The number of morpholine rings is 1. The van der Waals surface area contributed by atoms with Crippen molar-refractivity contribution in [3.05, 3.63) is 12.3 Å². The van der Waals surface area contributed by atoms with Crippen LogP contribution >= 0.6 is 0 Å². The van der Waals surface area contributed by atoms with E-state index in [-0.39, 0.29) is 12.1 Å². The molecule has 1 fully saturated rings. The number of carbonyl (C=O) groups is 1. The number of nitrogens with zero attached hydrogens (tertiary/aromatic N) is 1. The van der Waals surface area contributed by atoms with Crippen LogP contribution in [0.5, 0.6) is 0 Å². The van der Waals surface area contributed by atoms with Crippen LogP contribution in [-0.2, 0) is 14.3 Å². The molecule has 0 bridgehead atoms. The third-order valence-corrected chi connectivity index (χ3v) is 2.61. The smallest absolute Gasteiger partial charge is 0.302 e. The van der Waals surface area contributed by atoms with E-state index in [4.69, 9.17) is 9.47 Å². The highest BCUT2D eigenvalue weighted by atomic mass is 16.5. The molecule has 0 aromatic rings. The van der Waals surface area contributed by atoms with Gasteiger partial charge in [0.15, 0.2) is 0 Å². The van der Waals surface area contributed by atoms with Gasteiger partial charge in [0.1, 0.15) is 6.61 Å². The van der Waals surface area contributed by atoms with Gasteiger partial charge in [0.05, 0.1) is 18.8 Å². The second-order valence-corrected chi connectivity index (χ2v) is 3.74. The molecule has 1 saturated heterocycles. The van der Waals surface area contributed by atoms with Crippen molar-refractivity contribution in [2.24, 2.45) is 0 Å². The first-order chi connectivity index (χ1) is 7.11. The molecule has 15 heavy (non-hydrogen) atoms. The van der Waals surface area contributed by atoms with Crippen LogP contribution in [0, 0.1) is 0 Å². The molecular weight excluding hydrogens is 194 g/mol. The molecule has 2 atom stereocenters. The van der Waals surface area contributed by atoms with Crippen molar-refractivity contribution in [2.75, 3.05) is 19.8 Å². The average Bonchev–Trinajstić information content (AvgIpc) is 2.18. The highest BCUT2D eigenvalue weighted by Crippen LogP contribution is 2.13. The van der Waals surface area contributed by atoms with Crippen LogP contribution in [0.3, 0.4) is 0 Å². The predicted octanol–water partition coefficient (Wildman–Crippen LogP) is 1.17. The van der Waals surface area contributed by atoms with Crippen molar-refractivity contribution in [3.8, 4) is 0 Å². The van der Waals surface area contributed by atoms with E-state index in [1.807, 2.05) is 12.3 Å². The highest BCUT2D eigenvalue weighted by Gasteiger charge is 2.22. The Hall–Kier alpha value is -1.03. The third kappa shape index (κ3) is 3.91. The molecule has 0 aromatic heterocycles. The largest absolute Gasteiger partial charge is 0.462 e. The fourth-order valence-electron chi connectivity index (χ4n) is 1.51. The SMILES string of the molecule is CC(=O)OC/C=C/N1CCOC(C)C1C. The van der Waals surface area contributed by atoms with Crippen LogP contribution in [0.15, 0.2) is 12.3 Å². The van der Waals surface area contributed by atoms with Crippen molar-refractivity contribution < 1.29 is 14.3 Å². The minimum atomic E-state index is -0.247. The molecule has 1 rings (SSSR count). The molecule has 0 amide bonds. The molecular formula is C11H19NO3. The Balaban J connectivity index is 2.33. The summed E-state index contributed by atoms with van der Waals surface area (Å²) in [6.45, 7) is 7.59. The summed E-state index contributed by atoms with van der Waals surface area (Å²) in [6, 6.07) is 0.368. The Morgan fingerprint density at radius 2 is 2.33 bits per heavy atom. The zero-order chi connectivity index (χ0) is 11.3. The summed E-state index contributed by atoms with van der Waals surface area (Å²) in [6.07, 6.45) is 4.08. The zero-order valence-electron chi connectivity index (χ0n) is 9.60. The molecule has 1 aliphatic rings. The van der Waals surface area contributed by atoms with Gasteiger partial charge in [0.25, 0.3) is 0 Å². The van der Waals surface area contributed by atoms with E-state index in [1.54, 1.807) is 0 Å². The Morgan fingerprint density at radius 3 is 3.00 bits per heavy atom. The number of hydrogen-bond acceptors (Lipinski definition) is 4. The summed E-state index contributed by atoms with van der Waals surface area (Å²) in [5.41, 5.74) is 0. The maximum atomic E-state index is 10.5. The highest BCUT2D eigenvalue weighted by molar-refractivity contribution is 5.65. The van der Waals surface area contributed by atoms with Crippen LogP contribution in [-0.4, -0.2) is 42.8 Å². The molecule has 1 aliphatic heterocycles. The van der Waals surface area contributed by atoms with Crippen LogP contribution in [0.2, 0.25) is 0 Å². The lowest BCUT2D eigenvalue weighted by Crippen LogP contribution is -2.45. The molecule has 4 heteroatoms. The molecule has 0 spiro atoms. The molecule has 0 saturated carbocycles. The standard InChI is InChI=1S/C11H19NO3/c1-9-10(2)14-8-6-12(9)5-4-7-15-11(3)13/h4-5,9-10H,6-8H2,1-3H3/b5-4+. The first kappa shape index (κ1) is 12.0. The topological polar surface area (TPSA) is 38.8 Å². The lowest BCUT2D eigenvalue weighted by molar-refractivity contribution is -0.139. The summed E-state index contributed by atoms with van der Waals surface area (Å²) in [7, 11) is 0. The molecule has 4 nitrogen and oxygen atoms in total. The second-order valence-electron chi connectivity index (χ2n) is 3.74. The van der Waals surface area contributed by atoms with E-state index in [0.717, 1.165) is 13.2 Å². The van der Waals surface area contributed by atoms with Gasteiger partial charge in [0.2, 0.25) is 0 Å². The predicted molar refractivity (Wildman–Crippen MR) is 57.4 cm³/mol. The van der Waals surface area contributed by atoms with Gasteiger partial charge in [-0.05, 0) is 26.1 Å². The molecule has 0 aromatic carbocycles. The zero-order valence-corrected chi connectivity index (χ0v) is 9.60. The summed E-state index contributed by atoms with van der Waals surface area (Å²) in [4.78, 5) is 12.7. The normalized spacial score (nSPS) is 27.0. The van der Waals surface area contributed by atoms with Gasteiger partial charge in [0, 0.05) is 13.5 Å². The van der Waals surface area contributed by atoms with Crippen LogP contribution < -0.4 is 0 Å². The quantitative estimate of drug-likeness (QED) is 0.660. The van der Waals surface area contributed by atoms with E-state index in [2.05, 4.69) is 18.7 Å². The molecule has 86 valence electrons. The number of rotatable bonds is 3. The Labute approximate surface area is 90.8 Å². The summed E-state index contributed by atoms with van der Waals surface area (Å²) in [5.74, 6) is -0.247. The molecule has 0 aliphatic carbocycles. The molecule has 1 heterocycles. The van der Waals surface area contributed by atoms with Gasteiger partial charge in [-0.25, -0.2) is 0 Å². The third-order valence-electron chi connectivity index (χ3n) is 2.61. The van der Waals surface area contributed by atoms with E-state index < -0.39 is 0 Å². The lowest BCUT2D eigenvalue weighted by atomic mass is 10.1. The first-order valence-electron chi connectivity index (χ1n) is 5.28. The average molecular weight is 213 g/mol. The van der Waals surface area contributed by atoms with Gasteiger partial charge >= 0.3 is 5.97 Å². The van der Waals surface area contributed by atoms with E-state index in [1.165, 1.54) is 6.92 Å². The van der Waals surface area contributed by atoms with E-state index >= 15 is 0 Å². The number of esters is 1. The minimum absolute atomic E-state index is 0.247. The first-order valence-corrected chi connectivity index (χ1v) is 5.28. The molecule has 0 N–H and O–H groups in total. The summed E-state index contributed by atoms with van der Waals surface area (Å²) in [5, 5.41) is 0. The summed E-state index contributed by atoms with van der Waals surface area (Å²) < 4.78 is 10.3. The number of carbonyl (C=O) groups excluding carboxylic acids is 1. The maximum absolute atomic E-state index is 10.5. The Kier molecular flexibility index (Phi) is 4.62. The van der Waals surface area contributed by atoms with Crippen molar-refractivity contribution in [3.63, 3.8) is 0 Å². The van der Waals surface area contributed by atoms with Gasteiger partial charge < -0.3 is 14.4 Å². The molecule has 0 radical (unpaired) electrons. The number of hydrogen-bond donors (Lipinski definition) is 0. The monoisotopic (exact) mass is 213 g/mol. The van der Waals surface area contributed by atoms with Crippen molar-refractivity contribution in [1.29, 1.82) is 0 Å². The van der Waals surface area contributed by atoms with Gasteiger partial charge in [-0.1, -0.05) is 0 Å². The van der Waals surface area contributed by atoms with Crippen LogP contribution in [0.25, 0.3) is 0 Å². The van der Waals surface area contributed by atoms with Crippen LogP contribution in [0.1, 0.15) is 20.8 Å². The second kappa shape index (κ2) is 5.75.